The van der Waals surface area contributed by atoms with Gasteiger partial charge in [-0.15, -0.1) is 5.10 Å². The van der Waals surface area contributed by atoms with Crippen molar-refractivity contribution in [2.75, 3.05) is 6.54 Å². The molecule has 21 heavy (non-hydrogen) atoms. The zero-order valence-electron chi connectivity index (χ0n) is 12.2. The van der Waals surface area contributed by atoms with Crippen LogP contribution in [0.4, 0.5) is 8.78 Å². The van der Waals surface area contributed by atoms with Gasteiger partial charge in [0.15, 0.2) is 0 Å². The van der Waals surface area contributed by atoms with Crippen LogP contribution in [-0.2, 0) is 12.8 Å². The van der Waals surface area contributed by atoms with Crippen LogP contribution < -0.4 is 5.32 Å². The normalized spacial score (nSPS) is 12.6. The Morgan fingerprint density at radius 1 is 1.24 bits per heavy atom. The first-order chi connectivity index (χ1) is 10.2. The quantitative estimate of drug-likeness (QED) is 0.848. The first kappa shape index (κ1) is 16.0. The van der Waals surface area contributed by atoms with Crippen LogP contribution in [0, 0.1) is 11.6 Å². The zero-order valence-corrected chi connectivity index (χ0v) is 13.0. The Bertz CT molecular complexity index is 566. The molecule has 0 fully saturated rings. The summed E-state index contributed by atoms with van der Waals surface area (Å²) in [4.78, 5) is 0.966. The lowest BCUT2D eigenvalue weighted by molar-refractivity contribution is 0.492. The van der Waals surface area contributed by atoms with Crippen LogP contribution >= 0.6 is 11.5 Å². The van der Waals surface area contributed by atoms with Crippen molar-refractivity contribution in [2.45, 2.75) is 39.2 Å². The molecule has 3 nitrogen and oxygen atoms in total. The molecule has 0 amide bonds. The number of nitrogens with zero attached hydrogens (tertiary/aromatic N) is 2. The van der Waals surface area contributed by atoms with Crippen molar-refractivity contribution in [3.05, 3.63) is 46.0 Å². The molecule has 1 aromatic carbocycles. The van der Waals surface area contributed by atoms with Crippen molar-refractivity contribution in [3.8, 4) is 0 Å². The highest BCUT2D eigenvalue weighted by atomic mass is 32.1. The fraction of sp³-hybridized carbons (Fsp3) is 0.467. The van der Waals surface area contributed by atoms with Crippen LogP contribution in [-0.4, -0.2) is 16.1 Å². The highest BCUT2D eigenvalue weighted by Crippen LogP contribution is 2.26. The minimum absolute atomic E-state index is 0.113. The molecule has 0 spiro atoms. The molecule has 1 aromatic heterocycles. The van der Waals surface area contributed by atoms with Gasteiger partial charge in [0, 0.05) is 11.6 Å². The molecule has 0 radical (unpaired) electrons. The summed E-state index contributed by atoms with van der Waals surface area (Å²) in [6.07, 6.45) is 1.97. The summed E-state index contributed by atoms with van der Waals surface area (Å²) >= 11 is 1.30. The molecule has 0 aliphatic carbocycles. The van der Waals surface area contributed by atoms with E-state index in [0.29, 0.717) is 0 Å². The summed E-state index contributed by atoms with van der Waals surface area (Å²) < 4.78 is 31.7. The Hall–Kier alpha value is -1.40. The largest absolute Gasteiger partial charge is 0.309 e. The summed E-state index contributed by atoms with van der Waals surface area (Å²) in [5.74, 6) is -1.01. The third kappa shape index (κ3) is 3.83. The number of hydrogen-bond acceptors (Lipinski definition) is 4. The van der Waals surface area contributed by atoms with E-state index in [-0.39, 0.29) is 18.0 Å². The Morgan fingerprint density at radius 3 is 2.57 bits per heavy atom. The van der Waals surface area contributed by atoms with Gasteiger partial charge in [0.1, 0.15) is 11.6 Å². The fourth-order valence-corrected chi connectivity index (χ4v) is 3.04. The van der Waals surface area contributed by atoms with E-state index in [4.69, 9.17) is 0 Å². The lowest BCUT2D eigenvalue weighted by atomic mass is 10.0. The number of aryl methyl sites for hydroxylation is 1. The predicted octanol–water partition coefficient (Wildman–Crippen LogP) is 3.66. The molecular formula is C15H19F2N3S. The van der Waals surface area contributed by atoms with Gasteiger partial charge >= 0.3 is 0 Å². The smallest absolute Gasteiger partial charge is 0.129 e. The second-order valence-corrected chi connectivity index (χ2v) is 5.63. The van der Waals surface area contributed by atoms with Gasteiger partial charge in [0.25, 0.3) is 0 Å². The minimum atomic E-state index is -0.506. The van der Waals surface area contributed by atoms with Crippen molar-refractivity contribution in [1.29, 1.82) is 0 Å². The average Bonchev–Trinajstić information content (AvgIpc) is 2.94. The maximum absolute atomic E-state index is 13.9. The molecule has 2 rings (SSSR count). The third-order valence-corrected chi connectivity index (χ3v) is 4.23. The topological polar surface area (TPSA) is 37.8 Å². The standard InChI is InChI=1S/C15H19F2N3S/c1-3-8-18-14(15-13(4-2)19-20-21-15)9-10-11(16)6-5-7-12(10)17/h5-7,14,18H,3-4,8-9H2,1-2H3. The first-order valence-corrected chi connectivity index (χ1v) is 7.92. The van der Waals surface area contributed by atoms with E-state index in [2.05, 4.69) is 21.8 Å². The molecule has 1 unspecified atom stereocenters. The minimum Gasteiger partial charge on any atom is -0.309 e. The van der Waals surface area contributed by atoms with Gasteiger partial charge in [0.2, 0.25) is 0 Å². The second kappa shape index (κ2) is 7.56. The monoisotopic (exact) mass is 311 g/mol. The van der Waals surface area contributed by atoms with Gasteiger partial charge in [-0.25, -0.2) is 8.78 Å². The highest BCUT2D eigenvalue weighted by Gasteiger charge is 2.21. The number of aromatic nitrogens is 2. The van der Waals surface area contributed by atoms with E-state index < -0.39 is 11.6 Å². The summed E-state index contributed by atoms with van der Waals surface area (Å²) in [6.45, 7) is 4.84. The molecule has 1 heterocycles. The van der Waals surface area contributed by atoms with E-state index in [0.717, 1.165) is 30.0 Å². The van der Waals surface area contributed by atoms with E-state index in [1.165, 1.54) is 29.7 Å². The average molecular weight is 311 g/mol. The number of benzene rings is 1. The first-order valence-electron chi connectivity index (χ1n) is 7.14. The zero-order chi connectivity index (χ0) is 15.2. The van der Waals surface area contributed by atoms with Gasteiger partial charge in [-0.2, -0.15) is 0 Å². The molecule has 0 saturated carbocycles. The van der Waals surface area contributed by atoms with E-state index >= 15 is 0 Å². The maximum Gasteiger partial charge on any atom is 0.129 e. The van der Waals surface area contributed by atoms with Crippen LogP contribution in [0.25, 0.3) is 0 Å². The number of rotatable bonds is 7. The maximum atomic E-state index is 13.9. The third-order valence-electron chi connectivity index (χ3n) is 3.35. The molecule has 0 saturated heterocycles. The Labute approximate surface area is 127 Å². The molecule has 0 aliphatic heterocycles. The van der Waals surface area contributed by atoms with Crippen LogP contribution in [0.2, 0.25) is 0 Å². The van der Waals surface area contributed by atoms with Gasteiger partial charge < -0.3 is 5.32 Å². The van der Waals surface area contributed by atoms with E-state index in [9.17, 15) is 8.78 Å². The van der Waals surface area contributed by atoms with Gasteiger partial charge in [-0.3, -0.25) is 0 Å². The van der Waals surface area contributed by atoms with Gasteiger partial charge in [-0.1, -0.05) is 24.4 Å². The van der Waals surface area contributed by atoms with E-state index in [1.54, 1.807) is 0 Å². The summed E-state index contributed by atoms with van der Waals surface area (Å²) in [5, 5.41) is 7.44. The van der Waals surface area contributed by atoms with Crippen LogP contribution in [0.3, 0.4) is 0 Å². The van der Waals surface area contributed by atoms with Crippen molar-refractivity contribution in [1.82, 2.24) is 14.9 Å². The van der Waals surface area contributed by atoms with Crippen LogP contribution in [0.15, 0.2) is 18.2 Å². The second-order valence-electron chi connectivity index (χ2n) is 4.85. The Kier molecular flexibility index (Phi) is 5.76. The molecule has 1 atom stereocenters. The van der Waals surface area contributed by atoms with Gasteiger partial charge in [-0.05, 0) is 49.5 Å². The molecule has 1 N–H and O–H groups in total. The number of halogens is 2. The van der Waals surface area contributed by atoms with Crippen LogP contribution in [0.5, 0.6) is 0 Å². The van der Waals surface area contributed by atoms with Crippen molar-refractivity contribution < 1.29 is 8.78 Å². The molecular weight excluding hydrogens is 292 g/mol. The van der Waals surface area contributed by atoms with Gasteiger partial charge in [0.05, 0.1) is 10.6 Å². The Balaban J connectivity index is 2.28. The lowest BCUT2D eigenvalue weighted by Gasteiger charge is -2.18. The highest BCUT2D eigenvalue weighted by molar-refractivity contribution is 7.05. The molecule has 0 aliphatic rings. The van der Waals surface area contributed by atoms with E-state index in [1.807, 2.05) is 6.92 Å². The molecule has 6 heteroatoms. The fourth-order valence-electron chi connectivity index (χ4n) is 2.23. The Morgan fingerprint density at radius 2 is 1.95 bits per heavy atom. The predicted molar refractivity (Wildman–Crippen MR) is 80.4 cm³/mol. The molecule has 0 bridgehead atoms. The SMILES string of the molecule is CCCNC(Cc1c(F)cccc1F)c1snnc1CC. The number of hydrogen-bond donors (Lipinski definition) is 1. The van der Waals surface area contributed by atoms with Crippen molar-refractivity contribution >= 4 is 11.5 Å². The summed E-state index contributed by atoms with van der Waals surface area (Å²) in [7, 11) is 0. The van der Waals surface area contributed by atoms with Crippen molar-refractivity contribution in [2.24, 2.45) is 0 Å². The molecule has 2 aromatic rings. The van der Waals surface area contributed by atoms with Crippen LogP contribution in [0.1, 0.15) is 42.4 Å². The molecule has 114 valence electrons. The number of nitrogens with one attached hydrogen (secondary N) is 1. The summed E-state index contributed by atoms with van der Waals surface area (Å²) in [5.41, 5.74) is 1.01. The summed E-state index contributed by atoms with van der Waals surface area (Å²) in [6, 6.07) is 3.81. The van der Waals surface area contributed by atoms with Crippen molar-refractivity contribution in [3.63, 3.8) is 0 Å². The lowest BCUT2D eigenvalue weighted by Crippen LogP contribution is -2.25.